The standard InChI is InChI=1S/C10H10ClN3O3/c1-6-4-8(11)13-10(12-6)14-9(15)7-5-16-2-3-17-7/h4-5H,2-3H2,1H3,(H,12,13,14,15). The highest BCUT2D eigenvalue weighted by molar-refractivity contribution is 6.29. The second-order valence-corrected chi connectivity index (χ2v) is 3.70. The largest absolute Gasteiger partial charge is 0.494 e. The average molecular weight is 256 g/mol. The van der Waals surface area contributed by atoms with Crippen LogP contribution in [0.25, 0.3) is 0 Å². The van der Waals surface area contributed by atoms with E-state index >= 15 is 0 Å². The predicted molar refractivity (Wildman–Crippen MR) is 60.4 cm³/mol. The number of halogens is 1. The molecule has 2 rings (SSSR count). The maximum Gasteiger partial charge on any atom is 0.296 e. The number of amides is 1. The number of anilines is 1. The molecule has 1 aliphatic heterocycles. The van der Waals surface area contributed by atoms with Gasteiger partial charge in [0.05, 0.1) is 0 Å². The van der Waals surface area contributed by atoms with Gasteiger partial charge in [-0.2, -0.15) is 0 Å². The van der Waals surface area contributed by atoms with Gasteiger partial charge in [0, 0.05) is 5.69 Å². The van der Waals surface area contributed by atoms with E-state index in [9.17, 15) is 4.79 Å². The topological polar surface area (TPSA) is 73.3 Å². The fraction of sp³-hybridized carbons (Fsp3) is 0.300. The number of hydrogen-bond donors (Lipinski definition) is 1. The van der Waals surface area contributed by atoms with Crippen LogP contribution in [0.1, 0.15) is 5.69 Å². The van der Waals surface area contributed by atoms with Crippen LogP contribution in [0.5, 0.6) is 0 Å². The number of aromatic nitrogens is 2. The summed E-state index contributed by atoms with van der Waals surface area (Å²) >= 11 is 5.75. The van der Waals surface area contributed by atoms with Gasteiger partial charge < -0.3 is 9.47 Å². The minimum atomic E-state index is -0.466. The van der Waals surface area contributed by atoms with Gasteiger partial charge >= 0.3 is 0 Å². The Balaban J connectivity index is 2.09. The van der Waals surface area contributed by atoms with Crippen molar-refractivity contribution in [3.05, 3.63) is 28.9 Å². The fourth-order valence-electron chi connectivity index (χ4n) is 1.24. The van der Waals surface area contributed by atoms with E-state index in [-0.39, 0.29) is 16.9 Å². The molecule has 90 valence electrons. The Bertz CT molecular complexity index is 456. The van der Waals surface area contributed by atoms with Crippen LogP contribution < -0.4 is 5.32 Å². The number of aryl methyl sites for hydroxylation is 1. The molecule has 0 saturated carbocycles. The Morgan fingerprint density at radius 1 is 1.47 bits per heavy atom. The first-order valence-corrected chi connectivity index (χ1v) is 5.30. The van der Waals surface area contributed by atoms with E-state index in [2.05, 4.69) is 15.3 Å². The first kappa shape index (κ1) is 11.7. The van der Waals surface area contributed by atoms with E-state index in [1.54, 1.807) is 13.0 Å². The summed E-state index contributed by atoms with van der Waals surface area (Å²) in [5, 5.41) is 2.74. The molecular weight excluding hydrogens is 246 g/mol. The molecule has 0 fully saturated rings. The number of rotatable bonds is 2. The van der Waals surface area contributed by atoms with Crippen LogP contribution in [0.4, 0.5) is 5.95 Å². The highest BCUT2D eigenvalue weighted by Crippen LogP contribution is 2.11. The molecule has 0 saturated heterocycles. The molecule has 0 bridgehead atoms. The Kier molecular flexibility index (Phi) is 3.43. The van der Waals surface area contributed by atoms with E-state index < -0.39 is 5.91 Å². The van der Waals surface area contributed by atoms with Crippen molar-refractivity contribution in [2.75, 3.05) is 18.5 Å². The molecule has 6 nitrogen and oxygen atoms in total. The van der Waals surface area contributed by atoms with Gasteiger partial charge in [0.25, 0.3) is 5.91 Å². The first-order valence-electron chi connectivity index (χ1n) is 4.92. The van der Waals surface area contributed by atoms with E-state index in [1.165, 1.54) is 6.26 Å². The monoisotopic (exact) mass is 255 g/mol. The van der Waals surface area contributed by atoms with Gasteiger partial charge in [-0.3, -0.25) is 10.1 Å². The molecule has 0 radical (unpaired) electrons. The van der Waals surface area contributed by atoms with E-state index in [4.69, 9.17) is 21.1 Å². The molecule has 0 unspecified atom stereocenters. The lowest BCUT2D eigenvalue weighted by Crippen LogP contribution is -2.22. The molecule has 0 aliphatic carbocycles. The van der Waals surface area contributed by atoms with Crippen molar-refractivity contribution >= 4 is 23.5 Å². The lowest BCUT2D eigenvalue weighted by Gasteiger charge is -2.14. The number of carbonyl (C=O) groups is 1. The molecular formula is C10H10ClN3O3. The molecule has 7 heteroatoms. The van der Waals surface area contributed by atoms with E-state index in [0.717, 1.165) is 0 Å². The van der Waals surface area contributed by atoms with Crippen molar-refractivity contribution in [2.45, 2.75) is 6.92 Å². The summed E-state index contributed by atoms with van der Waals surface area (Å²) in [5.41, 5.74) is 0.662. The molecule has 1 aromatic heterocycles. The van der Waals surface area contributed by atoms with Crippen LogP contribution in [-0.4, -0.2) is 29.1 Å². The van der Waals surface area contributed by atoms with Crippen LogP contribution in [-0.2, 0) is 14.3 Å². The second-order valence-electron chi connectivity index (χ2n) is 3.31. The molecule has 17 heavy (non-hydrogen) atoms. The second kappa shape index (κ2) is 5.01. The van der Waals surface area contributed by atoms with E-state index in [1.807, 2.05) is 0 Å². The maximum atomic E-state index is 11.7. The number of hydrogen-bond acceptors (Lipinski definition) is 5. The summed E-state index contributed by atoms with van der Waals surface area (Å²) in [6.45, 7) is 2.53. The van der Waals surface area contributed by atoms with Crippen molar-refractivity contribution in [1.82, 2.24) is 9.97 Å². The summed E-state index contributed by atoms with van der Waals surface area (Å²) in [7, 11) is 0. The molecule has 0 aromatic carbocycles. The van der Waals surface area contributed by atoms with Crippen LogP contribution in [0, 0.1) is 6.92 Å². The molecule has 0 spiro atoms. The molecule has 1 amide bonds. The summed E-state index contributed by atoms with van der Waals surface area (Å²) in [4.78, 5) is 19.6. The summed E-state index contributed by atoms with van der Waals surface area (Å²) in [6.07, 6.45) is 1.26. The molecule has 1 aliphatic rings. The van der Waals surface area contributed by atoms with Crippen LogP contribution in [0.2, 0.25) is 5.15 Å². The van der Waals surface area contributed by atoms with Crippen molar-refractivity contribution in [3.63, 3.8) is 0 Å². The first-order chi connectivity index (χ1) is 8.15. The zero-order valence-corrected chi connectivity index (χ0v) is 9.82. The SMILES string of the molecule is Cc1cc(Cl)nc(NC(=O)C2=COCCO2)n1. The third-order valence-corrected chi connectivity index (χ3v) is 2.11. The third-order valence-electron chi connectivity index (χ3n) is 1.92. The van der Waals surface area contributed by atoms with Gasteiger partial charge in [0.15, 0.2) is 0 Å². The Hall–Kier alpha value is -1.82. The number of nitrogens with one attached hydrogen (secondary N) is 1. The molecule has 2 heterocycles. The highest BCUT2D eigenvalue weighted by atomic mass is 35.5. The quantitative estimate of drug-likeness (QED) is 0.806. The van der Waals surface area contributed by atoms with Gasteiger partial charge in [-0.25, -0.2) is 9.97 Å². The zero-order valence-electron chi connectivity index (χ0n) is 9.07. The van der Waals surface area contributed by atoms with Crippen LogP contribution >= 0.6 is 11.6 Å². The zero-order chi connectivity index (χ0) is 12.3. The summed E-state index contributed by atoms with van der Waals surface area (Å²) in [6, 6.07) is 1.59. The summed E-state index contributed by atoms with van der Waals surface area (Å²) in [5.74, 6) is -0.237. The number of nitrogens with zero attached hydrogens (tertiary/aromatic N) is 2. The molecule has 0 atom stereocenters. The molecule has 1 aromatic rings. The van der Waals surface area contributed by atoms with Crippen LogP contribution in [0.15, 0.2) is 18.1 Å². The van der Waals surface area contributed by atoms with Crippen molar-refractivity contribution < 1.29 is 14.3 Å². The van der Waals surface area contributed by atoms with E-state index in [0.29, 0.717) is 18.9 Å². The normalized spacial score (nSPS) is 14.4. The minimum Gasteiger partial charge on any atom is -0.494 e. The Morgan fingerprint density at radius 3 is 2.94 bits per heavy atom. The average Bonchev–Trinajstić information content (AvgIpc) is 2.28. The maximum absolute atomic E-state index is 11.7. The van der Waals surface area contributed by atoms with Crippen molar-refractivity contribution in [3.8, 4) is 0 Å². The highest BCUT2D eigenvalue weighted by Gasteiger charge is 2.16. The Labute approximate surface area is 103 Å². The van der Waals surface area contributed by atoms with Gasteiger partial charge in [-0.05, 0) is 13.0 Å². The van der Waals surface area contributed by atoms with Gasteiger partial charge in [-0.1, -0.05) is 11.6 Å². The summed E-state index contributed by atoms with van der Waals surface area (Å²) < 4.78 is 10.1. The van der Waals surface area contributed by atoms with Crippen molar-refractivity contribution in [1.29, 1.82) is 0 Å². The predicted octanol–water partition coefficient (Wildman–Crippen LogP) is 1.27. The fourth-order valence-corrected chi connectivity index (χ4v) is 1.47. The Morgan fingerprint density at radius 2 is 2.29 bits per heavy atom. The third kappa shape index (κ3) is 3.07. The van der Waals surface area contributed by atoms with Crippen molar-refractivity contribution in [2.24, 2.45) is 0 Å². The lowest BCUT2D eigenvalue weighted by atomic mass is 10.4. The number of carbonyl (C=O) groups excluding carboxylic acids is 1. The smallest absolute Gasteiger partial charge is 0.296 e. The lowest BCUT2D eigenvalue weighted by molar-refractivity contribution is -0.117. The van der Waals surface area contributed by atoms with Gasteiger partial charge in [0.1, 0.15) is 24.6 Å². The van der Waals surface area contributed by atoms with Gasteiger partial charge in [0.2, 0.25) is 11.7 Å². The molecule has 1 N–H and O–H groups in total. The van der Waals surface area contributed by atoms with Gasteiger partial charge in [-0.15, -0.1) is 0 Å². The minimum absolute atomic E-state index is 0.0949. The van der Waals surface area contributed by atoms with Crippen LogP contribution in [0.3, 0.4) is 0 Å². The number of ether oxygens (including phenoxy) is 2.